The van der Waals surface area contributed by atoms with E-state index >= 15 is 0 Å². The number of carbonyl (C=O) groups is 2. The molecule has 0 bridgehead atoms. The minimum Gasteiger partial charge on any atom is -0.388 e. The summed E-state index contributed by atoms with van der Waals surface area (Å²) in [5.74, 6) is -1.05. The number of methoxy groups -OCH3 is 1. The summed E-state index contributed by atoms with van der Waals surface area (Å²) >= 11 is 0. The minimum absolute atomic E-state index is 0.0118. The van der Waals surface area contributed by atoms with Crippen molar-refractivity contribution in [2.45, 2.75) is 51.1 Å². The van der Waals surface area contributed by atoms with Gasteiger partial charge >= 0.3 is 0 Å². The molecular weight excluding hydrogens is 366 g/mol. The molecule has 1 aromatic carbocycles. The standard InChI is InChI=1S/C20H25NO7/c1-11-12(2)19(25)21(18(11)24)15-17(23)16(22)14(28-20(15)26-3)10-27-9-13-7-5-4-6-8-13/h4-8,14-17,20,22-23H,9-10H2,1-3H3/t14-,15-,16-,17-,20-/m1/s1. The predicted molar refractivity (Wildman–Crippen MR) is 97.8 cm³/mol. The fourth-order valence-electron chi connectivity index (χ4n) is 3.44. The van der Waals surface area contributed by atoms with Crippen molar-refractivity contribution in [2.24, 2.45) is 0 Å². The van der Waals surface area contributed by atoms with Gasteiger partial charge in [-0.3, -0.25) is 14.5 Å². The summed E-state index contributed by atoms with van der Waals surface area (Å²) in [6.45, 7) is 3.42. The van der Waals surface area contributed by atoms with Gasteiger partial charge in [0.15, 0.2) is 6.29 Å². The molecule has 0 aromatic heterocycles. The van der Waals surface area contributed by atoms with Gasteiger partial charge in [-0.15, -0.1) is 0 Å². The van der Waals surface area contributed by atoms with E-state index in [0.717, 1.165) is 10.5 Å². The number of imide groups is 1. The van der Waals surface area contributed by atoms with Gasteiger partial charge in [0.25, 0.3) is 11.8 Å². The molecule has 8 nitrogen and oxygen atoms in total. The zero-order valence-electron chi connectivity index (χ0n) is 16.1. The summed E-state index contributed by atoms with van der Waals surface area (Å²) in [5, 5.41) is 21.2. The van der Waals surface area contributed by atoms with Gasteiger partial charge in [0, 0.05) is 18.3 Å². The van der Waals surface area contributed by atoms with Crippen molar-refractivity contribution >= 4 is 11.8 Å². The second kappa shape index (κ2) is 8.50. The van der Waals surface area contributed by atoms with Crippen LogP contribution in [-0.4, -0.2) is 71.3 Å². The first-order valence-corrected chi connectivity index (χ1v) is 9.08. The van der Waals surface area contributed by atoms with Crippen LogP contribution >= 0.6 is 0 Å². The highest BCUT2D eigenvalue weighted by Crippen LogP contribution is 2.31. The summed E-state index contributed by atoms with van der Waals surface area (Å²) in [7, 11) is 1.35. The number of rotatable bonds is 6. The number of hydrogen-bond acceptors (Lipinski definition) is 7. The highest BCUT2D eigenvalue weighted by molar-refractivity contribution is 6.19. The summed E-state index contributed by atoms with van der Waals surface area (Å²) in [6.07, 6.45) is -4.75. The maximum Gasteiger partial charge on any atom is 0.257 e. The van der Waals surface area contributed by atoms with Gasteiger partial charge < -0.3 is 24.4 Å². The van der Waals surface area contributed by atoms with Crippen LogP contribution < -0.4 is 0 Å². The van der Waals surface area contributed by atoms with E-state index in [1.165, 1.54) is 7.11 Å². The molecule has 0 aliphatic carbocycles. The minimum atomic E-state index is -1.43. The van der Waals surface area contributed by atoms with Gasteiger partial charge in [0.1, 0.15) is 24.4 Å². The third-order valence-electron chi connectivity index (χ3n) is 5.23. The van der Waals surface area contributed by atoms with Crippen LogP contribution in [-0.2, 0) is 30.4 Å². The maximum absolute atomic E-state index is 12.5. The molecule has 1 saturated heterocycles. The zero-order chi connectivity index (χ0) is 20.4. The highest BCUT2D eigenvalue weighted by atomic mass is 16.7. The van der Waals surface area contributed by atoms with Crippen molar-refractivity contribution in [3.05, 3.63) is 47.0 Å². The third-order valence-corrected chi connectivity index (χ3v) is 5.23. The van der Waals surface area contributed by atoms with E-state index in [1.807, 2.05) is 30.3 Å². The summed E-state index contributed by atoms with van der Waals surface area (Å²) in [6, 6.07) is 8.34. The fourth-order valence-corrected chi connectivity index (χ4v) is 3.44. The number of carbonyl (C=O) groups excluding carboxylic acids is 2. The lowest BCUT2D eigenvalue weighted by Crippen LogP contribution is -2.65. The third kappa shape index (κ3) is 3.74. The molecule has 28 heavy (non-hydrogen) atoms. The van der Waals surface area contributed by atoms with E-state index in [-0.39, 0.29) is 6.61 Å². The van der Waals surface area contributed by atoms with E-state index in [4.69, 9.17) is 14.2 Å². The zero-order valence-corrected chi connectivity index (χ0v) is 16.1. The summed E-state index contributed by atoms with van der Waals surface area (Å²) in [5.41, 5.74) is 1.56. The Hall–Kier alpha value is -2.10. The van der Waals surface area contributed by atoms with Gasteiger partial charge in [0.2, 0.25) is 0 Å². The van der Waals surface area contributed by atoms with Crippen molar-refractivity contribution < 1.29 is 34.0 Å². The molecule has 2 amide bonds. The monoisotopic (exact) mass is 391 g/mol. The molecule has 2 aliphatic heterocycles. The van der Waals surface area contributed by atoms with E-state index in [0.29, 0.717) is 17.8 Å². The Morgan fingerprint density at radius 1 is 1.04 bits per heavy atom. The SMILES string of the molecule is CO[C@@H]1O[C@H](COCc2ccccc2)[C@@H](O)[C@H](O)[C@H]1N1C(=O)C(C)=C(C)C1=O. The van der Waals surface area contributed by atoms with Gasteiger partial charge in [-0.05, 0) is 19.4 Å². The molecular formula is C20H25NO7. The van der Waals surface area contributed by atoms with E-state index in [2.05, 4.69) is 0 Å². The molecule has 0 radical (unpaired) electrons. The fraction of sp³-hybridized carbons (Fsp3) is 0.500. The second-order valence-corrected chi connectivity index (χ2v) is 6.98. The molecule has 0 saturated carbocycles. The summed E-state index contributed by atoms with van der Waals surface area (Å²) < 4.78 is 16.6. The molecule has 2 N–H and O–H groups in total. The van der Waals surface area contributed by atoms with E-state index < -0.39 is 42.5 Å². The van der Waals surface area contributed by atoms with Crippen molar-refractivity contribution in [3.8, 4) is 0 Å². The molecule has 0 spiro atoms. The predicted octanol–water partition coefficient (Wildman–Crippen LogP) is 0.370. The Bertz CT molecular complexity index is 737. The van der Waals surface area contributed by atoms with Crippen molar-refractivity contribution in [1.82, 2.24) is 4.90 Å². The van der Waals surface area contributed by atoms with Crippen LogP contribution in [0.1, 0.15) is 19.4 Å². The topological polar surface area (TPSA) is 106 Å². The van der Waals surface area contributed by atoms with Gasteiger partial charge in [-0.2, -0.15) is 0 Å². The largest absolute Gasteiger partial charge is 0.388 e. The molecule has 1 aromatic rings. The van der Waals surface area contributed by atoms with Gasteiger partial charge in [-0.25, -0.2) is 0 Å². The average Bonchev–Trinajstić information content (AvgIpc) is 2.89. The lowest BCUT2D eigenvalue weighted by atomic mass is 9.95. The van der Waals surface area contributed by atoms with E-state index in [1.54, 1.807) is 13.8 Å². The first-order chi connectivity index (χ1) is 13.4. The highest BCUT2D eigenvalue weighted by Gasteiger charge is 2.52. The number of ether oxygens (including phenoxy) is 3. The number of aliphatic hydroxyl groups excluding tert-OH is 2. The van der Waals surface area contributed by atoms with Crippen LogP contribution in [0.25, 0.3) is 0 Å². The van der Waals surface area contributed by atoms with Crippen LogP contribution in [0.2, 0.25) is 0 Å². The van der Waals surface area contributed by atoms with E-state index in [9.17, 15) is 19.8 Å². The Morgan fingerprint density at radius 2 is 1.64 bits per heavy atom. The number of aliphatic hydroxyl groups is 2. The molecule has 2 heterocycles. The van der Waals surface area contributed by atoms with Crippen LogP contribution in [0.4, 0.5) is 0 Å². The smallest absolute Gasteiger partial charge is 0.257 e. The average molecular weight is 391 g/mol. The maximum atomic E-state index is 12.5. The Morgan fingerprint density at radius 3 is 2.21 bits per heavy atom. The van der Waals surface area contributed by atoms with Crippen LogP contribution in [0.15, 0.2) is 41.5 Å². The Kier molecular flexibility index (Phi) is 6.26. The van der Waals surface area contributed by atoms with Crippen molar-refractivity contribution in [3.63, 3.8) is 0 Å². The number of amides is 2. The summed E-state index contributed by atoms with van der Waals surface area (Å²) in [4.78, 5) is 25.8. The number of hydrogen-bond donors (Lipinski definition) is 2. The molecule has 152 valence electrons. The van der Waals surface area contributed by atoms with Crippen LogP contribution in [0.3, 0.4) is 0 Å². The molecule has 8 heteroatoms. The lowest BCUT2D eigenvalue weighted by molar-refractivity contribution is -0.278. The van der Waals surface area contributed by atoms with Gasteiger partial charge in [0.05, 0.1) is 13.2 Å². The lowest BCUT2D eigenvalue weighted by Gasteiger charge is -2.44. The first kappa shape index (κ1) is 20.6. The molecule has 5 atom stereocenters. The molecule has 1 fully saturated rings. The number of benzene rings is 1. The molecule has 3 rings (SSSR count). The molecule has 2 aliphatic rings. The van der Waals surface area contributed by atoms with Crippen molar-refractivity contribution in [2.75, 3.05) is 13.7 Å². The Labute approximate surface area is 163 Å². The second-order valence-electron chi connectivity index (χ2n) is 6.98. The molecule has 0 unspecified atom stereocenters. The quantitative estimate of drug-likeness (QED) is 0.675. The van der Waals surface area contributed by atoms with Crippen LogP contribution in [0, 0.1) is 0 Å². The first-order valence-electron chi connectivity index (χ1n) is 9.08. The van der Waals surface area contributed by atoms with Crippen LogP contribution in [0.5, 0.6) is 0 Å². The Balaban J connectivity index is 1.69. The normalized spacial score (nSPS) is 31.0. The number of nitrogens with zero attached hydrogens (tertiary/aromatic N) is 1. The van der Waals surface area contributed by atoms with Crippen molar-refractivity contribution in [1.29, 1.82) is 0 Å². The van der Waals surface area contributed by atoms with Gasteiger partial charge in [-0.1, -0.05) is 30.3 Å².